The highest BCUT2D eigenvalue weighted by Gasteiger charge is 2.20. The molecule has 0 amide bonds. The molecule has 1 fully saturated rings. The lowest BCUT2D eigenvalue weighted by Crippen LogP contribution is -2.21. The summed E-state index contributed by atoms with van der Waals surface area (Å²) in [6.45, 7) is 6.34. The average molecular weight is 213 g/mol. The molecule has 1 aliphatic rings. The molecule has 90 valence electrons. The predicted octanol–water partition coefficient (Wildman–Crippen LogP) is 2.97. The van der Waals surface area contributed by atoms with E-state index in [1.165, 1.54) is 44.9 Å². The van der Waals surface area contributed by atoms with E-state index in [0.29, 0.717) is 0 Å². The Labute approximate surface area is 94.8 Å². The molecule has 0 aromatic heterocycles. The summed E-state index contributed by atoms with van der Waals surface area (Å²) < 4.78 is 5.54. The van der Waals surface area contributed by atoms with Gasteiger partial charge in [-0.05, 0) is 31.7 Å². The Hall–Kier alpha value is -0.0800. The molecule has 0 aliphatic heterocycles. The fourth-order valence-corrected chi connectivity index (χ4v) is 1.66. The number of hydrogen-bond acceptors (Lipinski definition) is 2. The second-order valence-electron chi connectivity index (χ2n) is 4.68. The van der Waals surface area contributed by atoms with Crippen molar-refractivity contribution in [1.29, 1.82) is 0 Å². The molecule has 0 saturated heterocycles. The van der Waals surface area contributed by atoms with E-state index in [-0.39, 0.29) is 0 Å². The van der Waals surface area contributed by atoms with Crippen molar-refractivity contribution in [2.24, 2.45) is 5.92 Å². The first-order chi connectivity index (χ1) is 7.43. The van der Waals surface area contributed by atoms with Crippen LogP contribution in [0.1, 0.15) is 51.9 Å². The maximum atomic E-state index is 5.54. The van der Waals surface area contributed by atoms with E-state index in [9.17, 15) is 0 Å². The smallest absolute Gasteiger partial charge is 0.0591 e. The standard InChI is InChI=1S/C13H27NO/c1-2-3-4-5-6-9-14-10-11-15-12-13-7-8-13/h13-14H,2-12H2,1H3. The molecule has 2 heteroatoms. The SMILES string of the molecule is CCCCCCCNCCOCC1CC1. The highest BCUT2D eigenvalue weighted by atomic mass is 16.5. The van der Waals surface area contributed by atoms with Crippen LogP contribution in [0.15, 0.2) is 0 Å². The maximum Gasteiger partial charge on any atom is 0.0591 e. The molecule has 15 heavy (non-hydrogen) atoms. The zero-order valence-corrected chi connectivity index (χ0v) is 10.3. The minimum Gasteiger partial charge on any atom is -0.380 e. The van der Waals surface area contributed by atoms with Crippen molar-refractivity contribution in [3.8, 4) is 0 Å². The van der Waals surface area contributed by atoms with Crippen LogP contribution in [0.5, 0.6) is 0 Å². The van der Waals surface area contributed by atoms with Gasteiger partial charge in [0.15, 0.2) is 0 Å². The molecule has 0 bridgehead atoms. The molecule has 2 nitrogen and oxygen atoms in total. The third kappa shape index (κ3) is 8.88. The van der Waals surface area contributed by atoms with Crippen LogP contribution >= 0.6 is 0 Å². The molecule has 1 N–H and O–H groups in total. The van der Waals surface area contributed by atoms with Gasteiger partial charge in [0.1, 0.15) is 0 Å². The molecular formula is C13H27NO. The van der Waals surface area contributed by atoms with Crippen molar-refractivity contribution in [3.05, 3.63) is 0 Å². The molecular weight excluding hydrogens is 186 g/mol. The van der Waals surface area contributed by atoms with Gasteiger partial charge < -0.3 is 10.1 Å². The first-order valence-electron chi connectivity index (χ1n) is 6.72. The van der Waals surface area contributed by atoms with Crippen LogP contribution in [0.3, 0.4) is 0 Å². The summed E-state index contributed by atoms with van der Waals surface area (Å²) in [7, 11) is 0. The molecule has 0 atom stereocenters. The number of ether oxygens (including phenoxy) is 1. The van der Waals surface area contributed by atoms with Gasteiger partial charge in [-0.25, -0.2) is 0 Å². The van der Waals surface area contributed by atoms with Crippen molar-refractivity contribution < 1.29 is 4.74 Å². The van der Waals surface area contributed by atoms with E-state index in [1.807, 2.05) is 0 Å². The molecule has 0 unspecified atom stereocenters. The molecule has 0 spiro atoms. The van der Waals surface area contributed by atoms with Gasteiger partial charge in [0, 0.05) is 13.2 Å². The van der Waals surface area contributed by atoms with E-state index >= 15 is 0 Å². The first kappa shape index (κ1) is 13.0. The van der Waals surface area contributed by atoms with Gasteiger partial charge in [-0.1, -0.05) is 32.6 Å². The van der Waals surface area contributed by atoms with Gasteiger partial charge in [0.05, 0.1) is 6.61 Å². The number of hydrogen-bond donors (Lipinski definition) is 1. The van der Waals surface area contributed by atoms with Crippen LogP contribution in [-0.2, 0) is 4.74 Å². The van der Waals surface area contributed by atoms with Crippen molar-refractivity contribution in [2.45, 2.75) is 51.9 Å². The fourth-order valence-electron chi connectivity index (χ4n) is 1.66. The topological polar surface area (TPSA) is 21.3 Å². The van der Waals surface area contributed by atoms with Crippen molar-refractivity contribution in [1.82, 2.24) is 5.32 Å². The lowest BCUT2D eigenvalue weighted by molar-refractivity contribution is 0.126. The van der Waals surface area contributed by atoms with E-state index < -0.39 is 0 Å². The molecule has 0 aromatic rings. The first-order valence-corrected chi connectivity index (χ1v) is 6.72. The van der Waals surface area contributed by atoms with Crippen LogP contribution in [0, 0.1) is 5.92 Å². The van der Waals surface area contributed by atoms with Gasteiger partial charge in [0.2, 0.25) is 0 Å². The lowest BCUT2D eigenvalue weighted by atomic mass is 10.1. The van der Waals surface area contributed by atoms with E-state index in [0.717, 1.165) is 32.2 Å². The van der Waals surface area contributed by atoms with Crippen LogP contribution in [0.2, 0.25) is 0 Å². The summed E-state index contributed by atoms with van der Waals surface area (Å²) in [4.78, 5) is 0. The third-order valence-corrected chi connectivity index (χ3v) is 2.93. The minimum absolute atomic E-state index is 0.894. The fraction of sp³-hybridized carbons (Fsp3) is 1.00. The van der Waals surface area contributed by atoms with Gasteiger partial charge >= 0.3 is 0 Å². The number of nitrogens with one attached hydrogen (secondary N) is 1. The van der Waals surface area contributed by atoms with Crippen molar-refractivity contribution in [3.63, 3.8) is 0 Å². The van der Waals surface area contributed by atoms with E-state index in [1.54, 1.807) is 0 Å². The van der Waals surface area contributed by atoms with Crippen molar-refractivity contribution >= 4 is 0 Å². The summed E-state index contributed by atoms with van der Waals surface area (Å²) in [5.41, 5.74) is 0. The average Bonchev–Trinajstić information content (AvgIpc) is 3.05. The van der Waals surface area contributed by atoms with Crippen molar-refractivity contribution in [2.75, 3.05) is 26.3 Å². The van der Waals surface area contributed by atoms with Crippen LogP contribution in [0.25, 0.3) is 0 Å². The molecule has 0 radical (unpaired) electrons. The predicted molar refractivity (Wildman–Crippen MR) is 65.2 cm³/mol. The van der Waals surface area contributed by atoms with Crippen LogP contribution in [-0.4, -0.2) is 26.3 Å². The number of rotatable bonds is 11. The monoisotopic (exact) mass is 213 g/mol. The Balaban J connectivity index is 1.62. The Kier molecular flexibility index (Phi) is 7.94. The summed E-state index contributed by atoms with van der Waals surface area (Å²) in [5, 5.41) is 3.43. The zero-order chi connectivity index (χ0) is 10.8. The highest BCUT2D eigenvalue weighted by Crippen LogP contribution is 2.28. The molecule has 0 aromatic carbocycles. The summed E-state index contributed by atoms with van der Waals surface area (Å²) in [6, 6.07) is 0. The van der Waals surface area contributed by atoms with Gasteiger partial charge in [-0.2, -0.15) is 0 Å². The second kappa shape index (κ2) is 9.17. The normalized spacial score (nSPS) is 15.8. The largest absolute Gasteiger partial charge is 0.380 e. The molecule has 1 aliphatic carbocycles. The molecule has 1 rings (SSSR count). The third-order valence-electron chi connectivity index (χ3n) is 2.93. The molecule has 0 heterocycles. The van der Waals surface area contributed by atoms with Gasteiger partial charge in [0.25, 0.3) is 0 Å². The molecule has 1 saturated carbocycles. The lowest BCUT2D eigenvalue weighted by Gasteiger charge is -2.05. The summed E-state index contributed by atoms with van der Waals surface area (Å²) >= 11 is 0. The van der Waals surface area contributed by atoms with E-state index in [2.05, 4.69) is 12.2 Å². The quantitative estimate of drug-likeness (QED) is 0.533. The van der Waals surface area contributed by atoms with E-state index in [4.69, 9.17) is 4.74 Å². The summed E-state index contributed by atoms with van der Waals surface area (Å²) in [6.07, 6.45) is 9.62. The highest BCUT2D eigenvalue weighted by molar-refractivity contribution is 4.71. The summed E-state index contributed by atoms with van der Waals surface area (Å²) in [5.74, 6) is 0.902. The Morgan fingerprint density at radius 3 is 2.60 bits per heavy atom. The van der Waals surface area contributed by atoms with Crippen LogP contribution < -0.4 is 5.32 Å². The van der Waals surface area contributed by atoms with Crippen LogP contribution in [0.4, 0.5) is 0 Å². The van der Waals surface area contributed by atoms with Gasteiger partial charge in [-0.3, -0.25) is 0 Å². The second-order valence-corrected chi connectivity index (χ2v) is 4.68. The Bertz CT molecular complexity index is 134. The zero-order valence-electron chi connectivity index (χ0n) is 10.3. The number of unbranched alkanes of at least 4 members (excludes halogenated alkanes) is 4. The van der Waals surface area contributed by atoms with Gasteiger partial charge in [-0.15, -0.1) is 0 Å². The Morgan fingerprint density at radius 1 is 1.07 bits per heavy atom. The maximum absolute atomic E-state index is 5.54. The minimum atomic E-state index is 0.894. The Morgan fingerprint density at radius 2 is 1.87 bits per heavy atom.